The number of halogens is 1. The molecule has 1 heterocycles. The van der Waals surface area contributed by atoms with Crippen LogP contribution in [-0.2, 0) is 6.42 Å². The maximum absolute atomic E-state index is 6.07. The van der Waals surface area contributed by atoms with Crippen LogP contribution in [0, 0.1) is 0 Å². The van der Waals surface area contributed by atoms with Gasteiger partial charge < -0.3 is 10.1 Å². The Balaban J connectivity index is 1.97. The fraction of sp³-hybridized carbons (Fsp3) is 0.375. The van der Waals surface area contributed by atoms with Crippen molar-refractivity contribution in [3.05, 3.63) is 51.2 Å². The van der Waals surface area contributed by atoms with Crippen molar-refractivity contribution in [2.75, 3.05) is 14.2 Å². The van der Waals surface area contributed by atoms with Crippen LogP contribution in [0.15, 0.2) is 35.7 Å². The van der Waals surface area contributed by atoms with Crippen molar-refractivity contribution in [2.24, 2.45) is 0 Å². The quantitative estimate of drug-likeness (QED) is 0.801. The van der Waals surface area contributed by atoms with Gasteiger partial charge in [0.15, 0.2) is 0 Å². The van der Waals surface area contributed by atoms with E-state index in [-0.39, 0.29) is 0 Å². The van der Waals surface area contributed by atoms with Crippen molar-refractivity contribution >= 4 is 22.9 Å². The fourth-order valence-corrected chi connectivity index (χ4v) is 3.25. The Labute approximate surface area is 129 Å². The molecule has 1 unspecified atom stereocenters. The minimum absolute atomic E-state index is 0.334. The molecule has 0 aliphatic carbocycles. The van der Waals surface area contributed by atoms with Gasteiger partial charge in [-0.05, 0) is 55.5 Å². The number of ether oxygens (including phenoxy) is 1. The molecule has 0 radical (unpaired) electrons. The number of hydrogen-bond donors (Lipinski definition) is 1. The lowest BCUT2D eigenvalue weighted by Gasteiger charge is -2.17. The molecule has 0 bridgehead atoms. The molecule has 0 fully saturated rings. The van der Waals surface area contributed by atoms with Crippen LogP contribution in [0.4, 0.5) is 0 Å². The molecule has 4 heteroatoms. The first kappa shape index (κ1) is 15.4. The molecule has 0 amide bonds. The van der Waals surface area contributed by atoms with E-state index in [1.54, 1.807) is 7.11 Å². The van der Waals surface area contributed by atoms with Gasteiger partial charge in [-0.25, -0.2) is 0 Å². The predicted octanol–water partition coefficient (Wildman–Crippen LogP) is 4.69. The first-order valence-corrected chi connectivity index (χ1v) is 8.03. The SMILES string of the molecule is CNC(CCCc1cccs1)c1ccc(Cl)c(OC)c1. The van der Waals surface area contributed by atoms with E-state index in [4.69, 9.17) is 16.3 Å². The molecule has 2 nitrogen and oxygen atoms in total. The predicted molar refractivity (Wildman–Crippen MR) is 87.1 cm³/mol. The van der Waals surface area contributed by atoms with Crippen LogP contribution in [-0.4, -0.2) is 14.2 Å². The molecule has 1 N–H and O–H groups in total. The molecule has 20 heavy (non-hydrogen) atoms. The van der Waals surface area contributed by atoms with E-state index in [0.717, 1.165) is 25.0 Å². The topological polar surface area (TPSA) is 21.3 Å². The third kappa shape index (κ3) is 3.98. The summed E-state index contributed by atoms with van der Waals surface area (Å²) >= 11 is 7.90. The zero-order chi connectivity index (χ0) is 14.4. The monoisotopic (exact) mass is 309 g/mol. The second kappa shape index (κ2) is 7.67. The van der Waals surface area contributed by atoms with Crippen LogP contribution >= 0.6 is 22.9 Å². The van der Waals surface area contributed by atoms with E-state index in [0.29, 0.717) is 11.1 Å². The van der Waals surface area contributed by atoms with E-state index >= 15 is 0 Å². The smallest absolute Gasteiger partial charge is 0.137 e. The summed E-state index contributed by atoms with van der Waals surface area (Å²) < 4.78 is 5.29. The van der Waals surface area contributed by atoms with Crippen molar-refractivity contribution in [1.29, 1.82) is 0 Å². The minimum atomic E-state index is 0.334. The van der Waals surface area contributed by atoms with Crippen LogP contribution < -0.4 is 10.1 Å². The number of benzene rings is 1. The Morgan fingerprint density at radius 3 is 2.85 bits per heavy atom. The van der Waals surface area contributed by atoms with Gasteiger partial charge in [0.05, 0.1) is 12.1 Å². The Hall–Kier alpha value is -1.03. The highest BCUT2D eigenvalue weighted by molar-refractivity contribution is 7.09. The highest BCUT2D eigenvalue weighted by atomic mass is 35.5. The normalized spacial score (nSPS) is 12.3. The van der Waals surface area contributed by atoms with Gasteiger partial charge >= 0.3 is 0 Å². The summed E-state index contributed by atoms with van der Waals surface area (Å²) in [5.74, 6) is 0.739. The first-order valence-electron chi connectivity index (χ1n) is 6.77. The van der Waals surface area contributed by atoms with Gasteiger partial charge in [-0.1, -0.05) is 23.7 Å². The van der Waals surface area contributed by atoms with Gasteiger partial charge in [0.2, 0.25) is 0 Å². The molecule has 108 valence electrons. The van der Waals surface area contributed by atoms with Gasteiger partial charge in [-0.15, -0.1) is 11.3 Å². The molecule has 1 aromatic heterocycles. The van der Waals surface area contributed by atoms with Gasteiger partial charge in [0.1, 0.15) is 5.75 Å². The molecule has 0 spiro atoms. The number of thiophene rings is 1. The maximum Gasteiger partial charge on any atom is 0.137 e. The van der Waals surface area contributed by atoms with Crippen LogP contribution in [0.3, 0.4) is 0 Å². The molecule has 1 aromatic carbocycles. The van der Waals surface area contributed by atoms with Crippen LogP contribution in [0.25, 0.3) is 0 Å². The van der Waals surface area contributed by atoms with Crippen molar-refractivity contribution < 1.29 is 4.74 Å². The Bertz CT molecular complexity index is 527. The molecule has 0 aliphatic rings. The lowest BCUT2D eigenvalue weighted by molar-refractivity contribution is 0.413. The van der Waals surface area contributed by atoms with Crippen LogP contribution in [0.1, 0.15) is 29.3 Å². The number of nitrogens with one attached hydrogen (secondary N) is 1. The summed E-state index contributed by atoms with van der Waals surface area (Å²) in [5, 5.41) is 6.16. The average molecular weight is 310 g/mol. The number of rotatable bonds is 7. The molecule has 2 rings (SSSR count). The zero-order valence-electron chi connectivity index (χ0n) is 11.9. The van der Waals surface area contributed by atoms with Gasteiger partial charge in [-0.3, -0.25) is 0 Å². The maximum atomic E-state index is 6.07. The van der Waals surface area contributed by atoms with E-state index in [1.165, 1.54) is 10.4 Å². The van der Waals surface area contributed by atoms with E-state index in [9.17, 15) is 0 Å². The third-order valence-corrected chi connectivity index (χ3v) is 4.67. The van der Waals surface area contributed by atoms with E-state index in [1.807, 2.05) is 30.5 Å². The highest BCUT2D eigenvalue weighted by Crippen LogP contribution is 2.29. The second-order valence-electron chi connectivity index (χ2n) is 4.71. The summed E-state index contributed by atoms with van der Waals surface area (Å²) in [7, 11) is 3.65. The van der Waals surface area contributed by atoms with Gasteiger partial charge in [0.25, 0.3) is 0 Å². The van der Waals surface area contributed by atoms with E-state index in [2.05, 4.69) is 28.9 Å². The largest absolute Gasteiger partial charge is 0.495 e. The molecule has 0 saturated carbocycles. The minimum Gasteiger partial charge on any atom is -0.495 e. The lowest BCUT2D eigenvalue weighted by Crippen LogP contribution is -2.16. The zero-order valence-corrected chi connectivity index (χ0v) is 13.4. The molecule has 1 atom stereocenters. The Morgan fingerprint density at radius 2 is 2.20 bits per heavy atom. The number of hydrogen-bond acceptors (Lipinski definition) is 3. The molecular weight excluding hydrogens is 290 g/mol. The Kier molecular flexibility index (Phi) is 5.89. The molecule has 0 aliphatic heterocycles. The first-order chi connectivity index (χ1) is 9.74. The second-order valence-corrected chi connectivity index (χ2v) is 6.15. The average Bonchev–Trinajstić information content (AvgIpc) is 2.98. The summed E-state index contributed by atoms with van der Waals surface area (Å²) in [6, 6.07) is 10.6. The summed E-state index contributed by atoms with van der Waals surface area (Å²) in [6.45, 7) is 0. The van der Waals surface area contributed by atoms with Gasteiger partial charge in [0, 0.05) is 10.9 Å². The van der Waals surface area contributed by atoms with Crippen molar-refractivity contribution in [3.8, 4) is 5.75 Å². The lowest BCUT2D eigenvalue weighted by atomic mass is 10.0. The molecular formula is C16H20ClNOS. The van der Waals surface area contributed by atoms with Crippen LogP contribution in [0.2, 0.25) is 5.02 Å². The third-order valence-electron chi connectivity index (χ3n) is 3.42. The summed E-state index contributed by atoms with van der Waals surface area (Å²) in [5.41, 5.74) is 1.22. The summed E-state index contributed by atoms with van der Waals surface area (Å²) in [4.78, 5) is 1.45. The van der Waals surface area contributed by atoms with Crippen molar-refractivity contribution in [1.82, 2.24) is 5.32 Å². The van der Waals surface area contributed by atoms with Crippen LogP contribution in [0.5, 0.6) is 5.75 Å². The Morgan fingerprint density at radius 1 is 1.35 bits per heavy atom. The summed E-state index contributed by atoms with van der Waals surface area (Å²) in [6.07, 6.45) is 3.40. The fourth-order valence-electron chi connectivity index (χ4n) is 2.31. The van der Waals surface area contributed by atoms with Crippen molar-refractivity contribution in [3.63, 3.8) is 0 Å². The molecule has 0 saturated heterocycles. The number of aryl methyl sites for hydroxylation is 1. The van der Waals surface area contributed by atoms with Gasteiger partial charge in [-0.2, -0.15) is 0 Å². The number of methoxy groups -OCH3 is 1. The standard InChI is InChI=1S/C16H20ClNOS/c1-18-15(7-3-5-13-6-4-10-20-13)12-8-9-14(17)16(11-12)19-2/h4,6,8-11,15,18H,3,5,7H2,1-2H3. The highest BCUT2D eigenvalue weighted by Gasteiger charge is 2.11. The molecule has 2 aromatic rings. The van der Waals surface area contributed by atoms with Crippen molar-refractivity contribution in [2.45, 2.75) is 25.3 Å². The van der Waals surface area contributed by atoms with E-state index < -0.39 is 0 Å².